The molecule has 1 fully saturated rings. The maximum absolute atomic E-state index is 12.4. The molecular formula is C20H22N2O3. The van der Waals surface area contributed by atoms with E-state index in [-0.39, 0.29) is 23.8 Å². The van der Waals surface area contributed by atoms with Gasteiger partial charge in [0.15, 0.2) is 11.5 Å². The summed E-state index contributed by atoms with van der Waals surface area (Å²) in [6.07, 6.45) is 0.867. The minimum absolute atomic E-state index is 0.0190. The van der Waals surface area contributed by atoms with E-state index in [1.165, 1.54) is 0 Å². The van der Waals surface area contributed by atoms with E-state index in [0.29, 0.717) is 19.8 Å². The fourth-order valence-electron chi connectivity index (χ4n) is 3.30. The van der Waals surface area contributed by atoms with E-state index in [2.05, 4.69) is 5.32 Å². The Kier molecular flexibility index (Phi) is 4.32. The predicted octanol–water partition coefficient (Wildman–Crippen LogP) is 2.38. The van der Waals surface area contributed by atoms with Crippen molar-refractivity contribution >= 4 is 5.91 Å². The van der Waals surface area contributed by atoms with Crippen molar-refractivity contribution in [2.75, 3.05) is 19.8 Å². The summed E-state index contributed by atoms with van der Waals surface area (Å²) in [5.74, 6) is 1.91. The van der Waals surface area contributed by atoms with E-state index in [0.717, 1.165) is 29.0 Å². The number of benzene rings is 2. The summed E-state index contributed by atoms with van der Waals surface area (Å²) in [4.78, 5) is 12.4. The van der Waals surface area contributed by atoms with E-state index in [9.17, 15) is 4.79 Å². The molecule has 3 N–H and O–H groups in total. The van der Waals surface area contributed by atoms with Crippen molar-refractivity contribution in [2.45, 2.75) is 18.4 Å². The summed E-state index contributed by atoms with van der Waals surface area (Å²) < 4.78 is 11.2. The molecule has 3 atom stereocenters. The number of fused-ring (bicyclic) bond motifs is 1. The van der Waals surface area contributed by atoms with Gasteiger partial charge in [-0.25, -0.2) is 0 Å². The maximum atomic E-state index is 12.4. The number of nitrogens with two attached hydrogens (primary N) is 1. The Bertz CT molecular complexity index is 763. The van der Waals surface area contributed by atoms with Crippen molar-refractivity contribution in [1.82, 2.24) is 5.32 Å². The molecule has 2 aromatic rings. The summed E-state index contributed by atoms with van der Waals surface area (Å²) in [6, 6.07) is 15.6. The molecule has 0 bridgehead atoms. The second kappa shape index (κ2) is 6.76. The minimum Gasteiger partial charge on any atom is -0.486 e. The second-order valence-corrected chi connectivity index (χ2v) is 6.61. The number of carbonyl (C=O) groups excluding carboxylic acids is 1. The van der Waals surface area contributed by atoms with Gasteiger partial charge in [-0.2, -0.15) is 0 Å². The molecule has 0 aromatic heterocycles. The average Bonchev–Trinajstić information content (AvgIpc) is 3.47. The van der Waals surface area contributed by atoms with Gasteiger partial charge in [0.05, 0.1) is 0 Å². The van der Waals surface area contributed by atoms with Crippen LogP contribution in [-0.2, 0) is 4.79 Å². The lowest BCUT2D eigenvalue weighted by molar-refractivity contribution is -0.122. The molecule has 1 saturated carbocycles. The van der Waals surface area contributed by atoms with Gasteiger partial charge in [0.1, 0.15) is 13.2 Å². The van der Waals surface area contributed by atoms with Gasteiger partial charge in [-0.05, 0) is 35.6 Å². The lowest BCUT2D eigenvalue weighted by Gasteiger charge is -2.19. The first kappa shape index (κ1) is 16.0. The fourth-order valence-corrected chi connectivity index (χ4v) is 3.30. The van der Waals surface area contributed by atoms with Crippen LogP contribution in [0.5, 0.6) is 11.5 Å². The van der Waals surface area contributed by atoms with Crippen LogP contribution in [0, 0.1) is 5.92 Å². The Morgan fingerprint density at radius 1 is 1.12 bits per heavy atom. The van der Waals surface area contributed by atoms with Gasteiger partial charge >= 0.3 is 0 Å². The van der Waals surface area contributed by atoms with Crippen molar-refractivity contribution in [3.63, 3.8) is 0 Å². The van der Waals surface area contributed by atoms with E-state index in [1.807, 2.05) is 48.5 Å². The molecule has 0 spiro atoms. The summed E-state index contributed by atoms with van der Waals surface area (Å²) in [6.45, 7) is 1.61. The van der Waals surface area contributed by atoms with Crippen LogP contribution in [0.2, 0.25) is 0 Å². The molecule has 5 heteroatoms. The lowest BCUT2D eigenvalue weighted by atomic mass is 10.1. The fraction of sp³-hybridized carbons (Fsp3) is 0.350. The Balaban J connectivity index is 1.33. The Hall–Kier alpha value is -2.53. The predicted molar refractivity (Wildman–Crippen MR) is 94.7 cm³/mol. The van der Waals surface area contributed by atoms with Crippen LogP contribution in [0.4, 0.5) is 0 Å². The average molecular weight is 338 g/mol. The highest BCUT2D eigenvalue weighted by molar-refractivity contribution is 5.83. The molecule has 130 valence electrons. The number of rotatable bonds is 5. The zero-order valence-electron chi connectivity index (χ0n) is 14.0. The molecule has 4 rings (SSSR count). The molecule has 3 unspecified atom stereocenters. The van der Waals surface area contributed by atoms with E-state index in [4.69, 9.17) is 15.2 Å². The largest absolute Gasteiger partial charge is 0.486 e. The second-order valence-electron chi connectivity index (χ2n) is 6.61. The van der Waals surface area contributed by atoms with Crippen molar-refractivity contribution < 1.29 is 14.3 Å². The third-order valence-corrected chi connectivity index (χ3v) is 4.85. The molecule has 0 saturated heterocycles. The zero-order chi connectivity index (χ0) is 17.2. The number of amides is 1. The number of hydrogen-bond donors (Lipinski definition) is 2. The van der Waals surface area contributed by atoms with Crippen molar-refractivity contribution in [3.8, 4) is 11.5 Å². The molecule has 1 aliphatic heterocycles. The van der Waals surface area contributed by atoms with E-state index < -0.39 is 0 Å². The zero-order valence-corrected chi connectivity index (χ0v) is 14.0. The first-order valence-electron chi connectivity index (χ1n) is 8.70. The number of ether oxygens (including phenoxy) is 2. The molecule has 2 aromatic carbocycles. The third kappa shape index (κ3) is 3.46. The van der Waals surface area contributed by atoms with Crippen LogP contribution in [-0.4, -0.2) is 25.7 Å². The van der Waals surface area contributed by atoms with Crippen LogP contribution in [0.25, 0.3) is 0 Å². The lowest BCUT2D eigenvalue weighted by Crippen LogP contribution is -2.33. The highest BCUT2D eigenvalue weighted by atomic mass is 16.6. The first-order valence-corrected chi connectivity index (χ1v) is 8.70. The van der Waals surface area contributed by atoms with Crippen LogP contribution < -0.4 is 20.5 Å². The molecular weight excluding hydrogens is 316 g/mol. The molecule has 0 radical (unpaired) electrons. The molecule has 1 aliphatic carbocycles. The Morgan fingerprint density at radius 2 is 1.88 bits per heavy atom. The highest BCUT2D eigenvalue weighted by Crippen LogP contribution is 2.49. The monoisotopic (exact) mass is 338 g/mol. The number of carbonyl (C=O) groups is 1. The molecule has 2 aliphatic rings. The SMILES string of the molecule is NC(CNC(=O)C1CC1c1ccc2c(c1)OCCO2)c1ccccc1. The number of hydrogen-bond acceptors (Lipinski definition) is 4. The Labute approximate surface area is 147 Å². The van der Waals surface area contributed by atoms with Crippen molar-refractivity contribution in [2.24, 2.45) is 11.7 Å². The molecule has 25 heavy (non-hydrogen) atoms. The first-order chi connectivity index (χ1) is 12.2. The van der Waals surface area contributed by atoms with Gasteiger partial charge in [-0.1, -0.05) is 36.4 Å². The molecule has 1 heterocycles. The standard InChI is InChI=1S/C20H22N2O3/c21-17(13-4-2-1-3-5-13)12-22-20(23)16-11-15(16)14-6-7-18-19(10-14)25-9-8-24-18/h1-7,10,15-17H,8-9,11-12,21H2,(H,22,23). The van der Waals surface area contributed by atoms with Crippen LogP contribution in [0.1, 0.15) is 29.5 Å². The Morgan fingerprint density at radius 3 is 2.68 bits per heavy atom. The normalized spacial score (nSPS) is 22.1. The van der Waals surface area contributed by atoms with Crippen LogP contribution in [0.15, 0.2) is 48.5 Å². The highest BCUT2D eigenvalue weighted by Gasteiger charge is 2.44. The van der Waals surface area contributed by atoms with Crippen molar-refractivity contribution in [3.05, 3.63) is 59.7 Å². The van der Waals surface area contributed by atoms with Gasteiger partial charge in [0, 0.05) is 18.5 Å². The topological polar surface area (TPSA) is 73.6 Å². The van der Waals surface area contributed by atoms with Gasteiger partial charge in [0.25, 0.3) is 0 Å². The molecule has 5 nitrogen and oxygen atoms in total. The van der Waals surface area contributed by atoms with Crippen molar-refractivity contribution in [1.29, 1.82) is 0 Å². The van der Waals surface area contributed by atoms with E-state index in [1.54, 1.807) is 0 Å². The summed E-state index contributed by atoms with van der Waals surface area (Å²) in [7, 11) is 0. The van der Waals surface area contributed by atoms with Gasteiger partial charge in [0.2, 0.25) is 5.91 Å². The quantitative estimate of drug-likeness (QED) is 0.878. The smallest absolute Gasteiger partial charge is 0.223 e. The van der Waals surface area contributed by atoms with Crippen LogP contribution >= 0.6 is 0 Å². The van der Waals surface area contributed by atoms with Crippen LogP contribution in [0.3, 0.4) is 0 Å². The van der Waals surface area contributed by atoms with Gasteiger partial charge in [-0.15, -0.1) is 0 Å². The summed E-state index contributed by atoms with van der Waals surface area (Å²) in [5, 5.41) is 2.99. The summed E-state index contributed by atoms with van der Waals surface area (Å²) >= 11 is 0. The minimum atomic E-state index is -0.184. The number of nitrogens with one attached hydrogen (secondary N) is 1. The van der Waals surface area contributed by atoms with Gasteiger partial charge in [-0.3, -0.25) is 4.79 Å². The maximum Gasteiger partial charge on any atom is 0.223 e. The van der Waals surface area contributed by atoms with E-state index >= 15 is 0 Å². The third-order valence-electron chi connectivity index (χ3n) is 4.85. The summed E-state index contributed by atoms with van der Waals surface area (Å²) in [5.41, 5.74) is 8.31. The molecule has 1 amide bonds. The van der Waals surface area contributed by atoms with Gasteiger partial charge < -0.3 is 20.5 Å².